The van der Waals surface area contributed by atoms with Gasteiger partial charge in [-0.25, -0.2) is 9.59 Å². The van der Waals surface area contributed by atoms with Crippen molar-refractivity contribution in [2.45, 2.75) is 0 Å². The zero-order valence-corrected chi connectivity index (χ0v) is 10.3. The first kappa shape index (κ1) is 14.8. The van der Waals surface area contributed by atoms with Gasteiger partial charge in [0, 0.05) is 12.2 Å². The molecular weight excluding hydrogens is 258 g/mol. The van der Waals surface area contributed by atoms with Gasteiger partial charge in [-0.3, -0.25) is 14.5 Å². The van der Waals surface area contributed by atoms with Gasteiger partial charge in [0.25, 0.3) is 11.8 Å². The lowest BCUT2D eigenvalue weighted by molar-refractivity contribution is -0.160. The monoisotopic (exact) mass is 271 g/mol. The van der Waals surface area contributed by atoms with Gasteiger partial charge in [-0.15, -0.1) is 0 Å². The Balaban J connectivity index is 2.31. The molecule has 8 heteroatoms. The van der Waals surface area contributed by atoms with Crippen LogP contribution in [0.2, 0.25) is 0 Å². The summed E-state index contributed by atoms with van der Waals surface area (Å²) in [6.45, 7) is -0.523. The summed E-state index contributed by atoms with van der Waals surface area (Å²) < 4.78 is 13.7. The molecule has 0 bridgehead atoms. The highest BCUT2D eigenvalue weighted by atomic mass is 16.5. The van der Waals surface area contributed by atoms with Crippen LogP contribution in [0.25, 0.3) is 0 Å². The maximum absolute atomic E-state index is 11.3. The lowest BCUT2D eigenvalue weighted by atomic mass is 10.4. The highest BCUT2D eigenvalue weighted by Crippen LogP contribution is 2.00. The van der Waals surface area contributed by atoms with Crippen molar-refractivity contribution in [2.24, 2.45) is 0 Å². The van der Waals surface area contributed by atoms with Crippen LogP contribution in [0.4, 0.5) is 0 Å². The van der Waals surface area contributed by atoms with E-state index in [-0.39, 0.29) is 26.4 Å². The maximum Gasteiger partial charge on any atom is 0.331 e. The minimum Gasteiger partial charge on any atom is -0.466 e. The molecule has 0 aromatic carbocycles. The van der Waals surface area contributed by atoms with E-state index in [9.17, 15) is 19.2 Å². The number of nitrogens with zero attached hydrogens (tertiary/aromatic N) is 1. The third kappa shape index (κ3) is 4.88. The van der Waals surface area contributed by atoms with Gasteiger partial charge in [-0.1, -0.05) is 0 Å². The predicted molar refractivity (Wildman–Crippen MR) is 59.7 cm³/mol. The Kier molecular flexibility index (Phi) is 5.68. The van der Waals surface area contributed by atoms with Crippen molar-refractivity contribution in [3.8, 4) is 0 Å². The second-order valence-electron chi connectivity index (χ2n) is 3.46. The Morgan fingerprint density at radius 1 is 1.21 bits per heavy atom. The Bertz CT molecular complexity index is 399. The molecule has 19 heavy (non-hydrogen) atoms. The molecule has 0 N–H and O–H groups in total. The molecule has 2 amide bonds. The molecule has 0 unspecified atom stereocenters. The first-order valence-corrected chi connectivity index (χ1v) is 5.38. The zero-order valence-electron chi connectivity index (χ0n) is 10.3. The molecule has 1 saturated heterocycles. The fraction of sp³-hybridized carbons (Fsp3) is 0.455. The van der Waals surface area contributed by atoms with Crippen molar-refractivity contribution < 1.29 is 33.4 Å². The number of amides is 2. The van der Waals surface area contributed by atoms with Gasteiger partial charge < -0.3 is 14.2 Å². The number of carbonyl (C=O) groups excluding carboxylic acids is 4. The van der Waals surface area contributed by atoms with Crippen LogP contribution in [0.1, 0.15) is 0 Å². The Morgan fingerprint density at radius 2 is 1.79 bits per heavy atom. The smallest absolute Gasteiger partial charge is 0.331 e. The lowest BCUT2D eigenvalue weighted by Crippen LogP contribution is -2.47. The molecule has 1 aliphatic rings. The number of hydrogen-bond donors (Lipinski definition) is 0. The van der Waals surface area contributed by atoms with Crippen molar-refractivity contribution in [1.82, 2.24) is 4.90 Å². The standard InChI is InChI=1S/C11H13NO7/c1-17-10(15)2-3-11(16)19-5-4-12-8(13)6-18-7-9(12)14/h2-3H,4-7H2,1H3. The number of esters is 2. The predicted octanol–water partition coefficient (Wildman–Crippen LogP) is -1.36. The average molecular weight is 271 g/mol. The summed E-state index contributed by atoms with van der Waals surface area (Å²) in [5, 5.41) is 0. The minimum atomic E-state index is -0.765. The van der Waals surface area contributed by atoms with E-state index in [0.29, 0.717) is 0 Å². The van der Waals surface area contributed by atoms with E-state index < -0.39 is 23.8 Å². The first-order chi connectivity index (χ1) is 9.04. The molecule has 0 saturated carbocycles. The highest BCUT2D eigenvalue weighted by Gasteiger charge is 2.26. The van der Waals surface area contributed by atoms with Gasteiger partial charge in [0.2, 0.25) is 0 Å². The summed E-state index contributed by atoms with van der Waals surface area (Å²) in [6.07, 6.45) is 1.81. The highest BCUT2D eigenvalue weighted by molar-refractivity contribution is 5.98. The summed E-state index contributed by atoms with van der Waals surface area (Å²) in [7, 11) is 1.17. The van der Waals surface area contributed by atoms with Crippen molar-refractivity contribution in [2.75, 3.05) is 33.5 Å². The van der Waals surface area contributed by atoms with E-state index >= 15 is 0 Å². The van der Waals surface area contributed by atoms with E-state index in [0.717, 1.165) is 17.1 Å². The molecule has 1 heterocycles. The maximum atomic E-state index is 11.3. The SMILES string of the molecule is COC(=O)C=CC(=O)OCCN1C(=O)COCC1=O. The van der Waals surface area contributed by atoms with E-state index in [1.54, 1.807) is 0 Å². The molecule has 0 atom stereocenters. The van der Waals surface area contributed by atoms with Gasteiger partial charge in [-0.05, 0) is 0 Å². The third-order valence-corrected chi connectivity index (χ3v) is 2.17. The molecule has 0 aromatic heterocycles. The van der Waals surface area contributed by atoms with Crippen molar-refractivity contribution in [3.63, 3.8) is 0 Å². The van der Waals surface area contributed by atoms with Crippen molar-refractivity contribution >= 4 is 23.8 Å². The van der Waals surface area contributed by atoms with Crippen molar-refractivity contribution in [1.29, 1.82) is 0 Å². The van der Waals surface area contributed by atoms with Crippen LogP contribution in [0.15, 0.2) is 12.2 Å². The summed E-state index contributed by atoms with van der Waals surface area (Å²) in [5.41, 5.74) is 0. The summed E-state index contributed by atoms with van der Waals surface area (Å²) >= 11 is 0. The second kappa shape index (κ2) is 7.27. The van der Waals surface area contributed by atoms with Crippen molar-refractivity contribution in [3.05, 3.63) is 12.2 Å². The number of rotatable bonds is 5. The first-order valence-electron chi connectivity index (χ1n) is 5.38. The van der Waals surface area contributed by atoms with Gasteiger partial charge in [-0.2, -0.15) is 0 Å². The van der Waals surface area contributed by atoms with E-state index in [1.165, 1.54) is 7.11 Å². The fourth-order valence-corrected chi connectivity index (χ4v) is 1.26. The van der Waals surface area contributed by atoms with Crippen LogP contribution >= 0.6 is 0 Å². The molecule has 1 aliphatic heterocycles. The van der Waals surface area contributed by atoms with Crippen LogP contribution in [-0.4, -0.2) is 62.1 Å². The molecule has 0 spiro atoms. The quantitative estimate of drug-likeness (QED) is 0.346. The Hall–Kier alpha value is -2.22. The molecule has 8 nitrogen and oxygen atoms in total. The van der Waals surface area contributed by atoms with E-state index in [4.69, 9.17) is 9.47 Å². The van der Waals surface area contributed by atoms with E-state index in [2.05, 4.69) is 4.74 Å². The number of carbonyl (C=O) groups is 4. The molecule has 1 fully saturated rings. The molecule has 0 aromatic rings. The normalized spacial score (nSPS) is 15.7. The molecule has 1 rings (SSSR count). The number of ether oxygens (including phenoxy) is 3. The third-order valence-electron chi connectivity index (χ3n) is 2.17. The van der Waals surface area contributed by atoms with Crippen LogP contribution in [0.3, 0.4) is 0 Å². The lowest BCUT2D eigenvalue weighted by Gasteiger charge is -2.24. The number of morpholine rings is 1. The molecular formula is C11H13NO7. The van der Waals surface area contributed by atoms with E-state index in [1.807, 2.05) is 0 Å². The Morgan fingerprint density at radius 3 is 2.37 bits per heavy atom. The fourth-order valence-electron chi connectivity index (χ4n) is 1.26. The van der Waals surface area contributed by atoms with Crippen LogP contribution in [-0.2, 0) is 33.4 Å². The van der Waals surface area contributed by atoms with Crippen LogP contribution in [0, 0.1) is 0 Å². The number of methoxy groups -OCH3 is 1. The summed E-state index contributed by atoms with van der Waals surface area (Å²) in [4.78, 5) is 45.4. The summed E-state index contributed by atoms with van der Waals surface area (Å²) in [6, 6.07) is 0. The zero-order chi connectivity index (χ0) is 14.3. The number of imide groups is 1. The molecule has 104 valence electrons. The van der Waals surface area contributed by atoms with Gasteiger partial charge in [0.1, 0.15) is 19.8 Å². The summed E-state index contributed by atoms with van der Waals surface area (Å²) in [5.74, 6) is -2.40. The van der Waals surface area contributed by atoms with Gasteiger partial charge in [0.15, 0.2) is 0 Å². The molecule has 0 radical (unpaired) electrons. The average Bonchev–Trinajstić information content (AvgIpc) is 2.39. The van der Waals surface area contributed by atoms with Crippen LogP contribution in [0.5, 0.6) is 0 Å². The minimum absolute atomic E-state index is 0.0428. The second-order valence-corrected chi connectivity index (χ2v) is 3.46. The number of hydrogen-bond acceptors (Lipinski definition) is 7. The Labute approximate surface area is 108 Å². The van der Waals surface area contributed by atoms with Gasteiger partial charge >= 0.3 is 11.9 Å². The van der Waals surface area contributed by atoms with Gasteiger partial charge in [0.05, 0.1) is 13.7 Å². The largest absolute Gasteiger partial charge is 0.466 e. The molecule has 0 aliphatic carbocycles. The van der Waals surface area contributed by atoms with Crippen LogP contribution < -0.4 is 0 Å². The topological polar surface area (TPSA) is 99.2 Å².